The van der Waals surface area contributed by atoms with Gasteiger partial charge in [-0.15, -0.1) is 0 Å². The van der Waals surface area contributed by atoms with Crippen molar-refractivity contribution in [2.24, 2.45) is 5.41 Å². The molecule has 2 N–H and O–H groups in total. The van der Waals surface area contributed by atoms with Crippen LogP contribution in [0.2, 0.25) is 0 Å². The maximum atomic E-state index is 12.0. The predicted molar refractivity (Wildman–Crippen MR) is 72.7 cm³/mol. The third-order valence-corrected chi connectivity index (χ3v) is 3.64. The van der Waals surface area contributed by atoms with Crippen molar-refractivity contribution in [1.29, 1.82) is 0 Å². The highest BCUT2D eigenvalue weighted by Crippen LogP contribution is 2.48. The minimum atomic E-state index is -0.00345. The first-order valence-electron chi connectivity index (χ1n) is 6.61. The largest absolute Gasteiger partial charge is 0.373 e. The summed E-state index contributed by atoms with van der Waals surface area (Å²) in [6.45, 7) is 3.00. The number of rotatable bonds is 6. The lowest BCUT2D eigenvalue weighted by molar-refractivity contribution is 0.0943. The average molecular weight is 247 g/mol. The number of pyridine rings is 1. The zero-order valence-electron chi connectivity index (χ0n) is 11.1. The van der Waals surface area contributed by atoms with Gasteiger partial charge in [0, 0.05) is 25.4 Å². The zero-order valence-corrected chi connectivity index (χ0v) is 11.1. The topological polar surface area (TPSA) is 54.0 Å². The maximum absolute atomic E-state index is 12.0. The monoisotopic (exact) mass is 247 g/mol. The minimum Gasteiger partial charge on any atom is -0.373 e. The molecule has 0 atom stereocenters. The summed E-state index contributed by atoms with van der Waals surface area (Å²) in [5.41, 5.74) is 1.06. The van der Waals surface area contributed by atoms with E-state index in [-0.39, 0.29) is 5.91 Å². The quantitative estimate of drug-likeness (QED) is 0.811. The van der Waals surface area contributed by atoms with Crippen LogP contribution in [0.25, 0.3) is 0 Å². The highest BCUT2D eigenvalue weighted by molar-refractivity contribution is 5.94. The number of carbonyl (C=O) groups excluding carboxylic acids is 1. The Morgan fingerprint density at radius 1 is 1.50 bits per heavy atom. The van der Waals surface area contributed by atoms with Gasteiger partial charge in [-0.2, -0.15) is 0 Å². The third kappa shape index (κ3) is 3.00. The number of amides is 1. The first-order chi connectivity index (χ1) is 8.69. The third-order valence-electron chi connectivity index (χ3n) is 3.64. The Morgan fingerprint density at radius 2 is 2.28 bits per heavy atom. The molecule has 1 amide bonds. The van der Waals surface area contributed by atoms with Crippen molar-refractivity contribution in [3.63, 3.8) is 0 Å². The van der Waals surface area contributed by atoms with Crippen molar-refractivity contribution in [2.45, 2.75) is 32.6 Å². The van der Waals surface area contributed by atoms with Gasteiger partial charge in [0.05, 0.1) is 0 Å². The average Bonchev–Trinajstić information content (AvgIpc) is 3.17. The highest BCUT2D eigenvalue weighted by Gasteiger charge is 2.41. The number of nitrogens with zero attached hydrogens (tertiary/aromatic N) is 1. The first kappa shape index (κ1) is 12.9. The van der Waals surface area contributed by atoms with E-state index in [1.807, 2.05) is 0 Å². The van der Waals surface area contributed by atoms with Crippen molar-refractivity contribution in [3.05, 3.63) is 23.9 Å². The van der Waals surface area contributed by atoms with Crippen molar-refractivity contribution < 1.29 is 4.79 Å². The fourth-order valence-corrected chi connectivity index (χ4v) is 2.30. The van der Waals surface area contributed by atoms with E-state index in [0.717, 1.165) is 12.4 Å². The Balaban J connectivity index is 1.91. The van der Waals surface area contributed by atoms with E-state index < -0.39 is 0 Å². The second kappa shape index (κ2) is 5.38. The Bertz CT molecular complexity index is 427. The molecule has 1 aromatic rings. The molecule has 1 aromatic heterocycles. The molecule has 0 unspecified atom stereocenters. The molecule has 4 nitrogen and oxygen atoms in total. The van der Waals surface area contributed by atoms with Crippen LogP contribution in [-0.2, 0) is 0 Å². The highest BCUT2D eigenvalue weighted by atomic mass is 16.1. The van der Waals surface area contributed by atoms with Gasteiger partial charge in [-0.1, -0.05) is 13.3 Å². The van der Waals surface area contributed by atoms with Crippen molar-refractivity contribution in [2.75, 3.05) is 18.9 Å². The van der Waals surface area contributed by atoms with Crippen molar-refractivity contribution in [3.8, 4) is 0 Å². The van der Waals surface area contributed by atoms with Crippen LogP contribution in [0.15, 0.2) is 18.3 Å². The van der Waals surface area contributed by atoms with Crippen LogP contribution < -0.4 is 10.6 Å². The van der Waals surface area contributed by atoms with Gasteiger partial charge in [-0.05, 0) is 36.8 Å². The first-order valence-corrected chi connectivity index (χ1v) is 6.61. The fraction of sp³-hybridized carbons (Fsp3) is 0.571. The van der Waals surface area contributed by atoms with Gasteiger partial charge in [0.15, 0.2) is 0 Å². The number of carbonyl (C=O) groups is 1. The lowest BCUT2D eigenvalue weighted by Gasteiger charge is -2.15. The van der Waals surface area contributed by atoms with Crippen LogP contribution in [0.4, 0.5) is 5.82 Å². The van der Waals surface area contributed by atoms with Gasteiger partial charge in [0.1, 0.15) is 5.82 Å². The second-order valence-corrected chi connectivity index (χ2v) is 5.11. The molecule has 1 heterocycles. The number of nitrogens with one attached hydrogen (secondary N) is 2. The van der Waals surface area contributed by atoms with E-state index in [4.69, 9.17) is 0 Å². The van der Waals surface area contributed by atoms with Gasteiger partial charge < -0.3 is 10.6 Å². The normalized spacial score (nSPS) is 16.1. The summed E-state index contributed by atoms with van der Waals surface area (Å²) in [7, 11) is 1.80. The van der Waals surface area contributed by atoms with Crippen molar-refractivity contribution >= 4 is 11.7 Å². The van der Waals surface area contributed by atoms with Gasteiger partial charge >= 0.3 is 0 Å². The summed E-state index contributed by atoms with van der Waals surface area (Å²) in [4.78, 5) is 16.1. The number of hydrogen-bond donors (Lipinski definition) is 2. The van der Waals surface area contributed by atoms with Crippen LogP contribution >= 0.6 is 0 Å². The van der Waals surface area contributed by atoms with Gasteiger partial charge in [-0.3, -0.25) is 4.79 Å². The maximum Gasteiger partial charge on any atom is 0.251 e. The zero-order chi connectivity index (χ0) is 13.0. The van der Waals surface area contributed by atoms with Crippen LogP contribution in [-0.4, -0.2) is 24.5 Å². The van der Waals surface area contributed by atoms with Gasteiger partial charge in [0.25, 0.3) is 5.91 Å². The molecule has 1 aliphatic carbocycles. The number of hydrogen-bond acceptors (Lipinski definition) is 3. The van der Waals surface area contributed by atoms with E-state index in [1.54, 1.807) is 25.4 Å². The molecule has 1 aliphatic rings. The molecule has 4 heteroatoms. The van der Waals surface area contributed by atoms with Crippen molar-refractivity contribution in [1.82, 2.24) is 10.3 Å². The van der Waals surface area contributed by atoms with E-state index in [2.05, 4.69) is 22.5 Å². The molecule has 2 rings (SSSR count). The fourth-order valence-electron chi connectivity index (χ4n) is 2.30. The summed E-state index contributed by atoms with van der Waals surface area (Å²) in [6.07, 6.45) is 6.55. The molecule has 0 saturated heterocycles. The van der Waals surface area contributed by atoms with Crippen LogP contribution in [0, 0.1) is 5.41 Å². The standard InChI is InChI=1S/C14H21N3O/c1-3-5-14(6-7-14)10-17-13(18)11-4-8-16-12(9-11)15-2/h4,8-9H,3,5-7,10H2,1-2H3,(H,15,16)(H,17,18). The van der Waals surface area contributed by atoms with Crippen LogP contribution in [0.1, 0.15) is 43.0 Å². The summed E-state index contributed by atoms with van der Waals surface area (Å²) in [5, 5.41) is 5.98. The Kier molecular flexibility index (Phi) is 3.84. The smallest absolute Gasteiger partial charge is 0.251 e. The molecule has 0 aliphatic heterocycles. The molecule has 0 radical (unpaired) electrons. The van der Waals surface area contributed by atoms with E-state index >= 15 is 0 Å². The Morgan fingerprint density at radius 3 is 2.89 bits per heavy atom. The van der Waals surface area contributed by atoms with E-state index in [9.17, 15) is 4.79 Å². The molecule has 0 bridgehead atoms. The molecular weight excluding hydrogens is 226 g/mol. The molecule has 1 saturated carbocycles. The molecular formula is C14H21N3O. The van der Waals surface area contributed by atoms with E-state index in [1.165, 1.54) is 25.7 Å². The number of anilines is 1. The van der Waals surface area contributed by atoms with Crippen LogP contribution in [0.5, 0.6) is 0 Å². The van der Waals surface area contributed by atoms with Gasteiger partial charge in [0.2, 0.25) is 0 Å². The number of aromatic nitrogens is 1. The summed E-state index contributed by atoms with van der Waals surface area (Å²) >= 11 is 0. The van der Waals surface area contributed by atoms with E-state index in [0.29, 0.717) is 11.0 Å². The minimum absolute atomic E-state index is 0.00345. The second-order valence-electron chi connectivity index (χ2n) is 5.11. The Labute approximate surface area is 108 Å². The molecule has 98 valence electrons. The van der Waals surface area contributed by atoms with Crippen LogP contribution in [0.3, 0.4) is 0 Å². The molecule has 18 heavy (non-hydrogen) atoms. The molecule has 0 aromatic carbocycles. The SMILES string of the molecule is CCCC1(CNC(=O)c2ccnc(NC)c2)CC1. The predicted octanol–water partition coefficient (Wildman–Crippen LogP) is 2.43. The summed E-state index contributed by atoms with van der Waals surface area (Å²) in [5.74, 6) is 0.716. The summed E-state index contributed by atoms with van der Waals surface area (Å²) in [6, 6.07) is 3.52. The molecule has 0 spiro atoms. The summed E-state index contributed by atoms with van der Waals surface area (Å²) < 4.78 is 0. The molecule has 1 fully saturated rings. The lowest BCUT2D eigenvalue weighted by Crippen LogP contribution is -2.30. The lowest BCUT2D eigenvalue weighted by atomic mass is 10.0. The Hall–Kier alpha value is -1.58. The van der Waals surface area contributed by atoms with Gasteiger partial charge in [-0.25, -0.2) is 4.98 Å².